The van der Waals surface area contributed by atoms with Crippen molar-refractivity contribution in [3.8, 4) is 11.1 Å². The number of esters is 1. The van der Waals surface area contributed by atoms with Gasteiger partial charge in [0.1, 0.15) is 16.4 Å². The molecule has 1 N–H and O–H groups in total. The Morgan fingerprint density at radius 1 is 1.34 bits per heavy atom. The van der Waals surface area contributed by atoms with Gasteiger partial charge in [-0.2, -0.15) is 0 Å². The zero-order valence-electron chi connectivity index (χ0n) is 17.3. The normalized spacial score (nSPS) is 13.1. The highest BCUT2D eigenvalue weighted by Crippen LogP contribution is 2.41. The molecule has 0 unspecified atom stereocenters. The molecule has 0 aliphatic heterocycles. The Bertz CT molecular complexity index is 1170. The highest BCUT2D eigenvalue weighted by atomic mass is 35.5. The molecule has 4 rings (SSSR count). The van der Waals surface area contributed by atoms with Gasteiger partial charge in [-0.05, 0) is 18.9 Å². The molecule has 3 aromatic rings. The molecule has 2 heterocycles. The third kappa shape index (κ3) is 4.74. The van der Waals surface area contributed by atoms with Crippen molar-refractivity contribution in [1.29, 1.82) is 0 Å². The molecule has 0 spiro atoms. The van der Waals surface area contributed by atoms with Crippen LogP contribution in [0.2, 0.25) is 5.02 Å². The van der Waals surface area contributed by atoms with Gasteiger partial charge in [0.05, 0.1) is 12.9 Å². The minimum Gasteiger partial charge on any atom is -0.465 e. The monoisotopic (exact) mass is 488 g/mol. The Balaban J connectivity index is 1.51. The highest BCUT2D eigenvalue weighted by Gasteiger charge is 2.30. The standard InChI is InChI=1S/C22H21ClN4O3S2/c1-3-10-27-19(13-8-9-13)25-26-22(27)32-12-17(28)24-20-18(21(29)30-2)15(11-31-20)14-6-4-5-7-16(14)23/h3-7,11,13H,1,8-10,12H2,2H3,(H,24,28). The van der Waals surface area contributed by atoms with E-state index in [-0.39, 0.29) is 17.2 Å². The van der Waals surface area contributed by atoms with Crippen molar-refractivity contribution in [2.24, 2.45) is 0 Å². The smallest absolute Gasteiger partial charge is 0.341 e. The number of halogens is 1. The summed E-state index contributed by atoms with van der Waals surface area (Å²) in [6, 6.07) is 7.22. The molecule has 0 atom stereocenters. The average molecular weight is 489 g/mol. The lowest BCUT2D eigenvalue weighted by Gasteiger charge is -2.09. The molecule has 1 aromatic carbocycles. The first kappa shape index (κ1) is 22.6. The van der Waals surface area contributed by atoms with E-state index in [1.807, 2.05) is 22.8 Å². The number of hydrogen-bond acceptors (Lipinski definition) is 7. The molecule has 2 aromatic heterocycles. The number of carbonyl (C=O) groups is 2. The number of ether oxygens (including phenoxy) is 1. The van der Waals surface area contributed by atoms with Crippen LogP contribution in [0.5, 0.6) is 0 Å². The van der Waals surface area contributed by atoms with Gasteiger partial charge in [-0.1, -0.05) is 47.6 Å². The van der Waals surface area contributed by atoms with Crippen molar-refractivity contribution in [2.75, 3.05) is 18.2 Å². The molecule has 1 amide bonds. The number of hydrogen-bond donors (Lipinski definition) is 1. The zero-order valence-corrected chi connectivity index (χ0v) is 19.7. The summed E-state index contributed by atoms with van der Waals surface area (Å²) in [4.78, 5) is 25.2. The third-order valence-corrected chi connectivity index (χ3v) is 7.12. The number of allylic oxidation sites excluding steroid dienone is 1. The van der Waals surface area contributed by atoms with Gasteiger partial charge in [0, 0.05) is 34.0 Å². The first-order chi connectivity index (χ1) is 15.5. The molecule has 1 aliphatic rings. The van der Waals surface area contributed by atoms with Gasteiger partial charge in [-0.3, -0.25) is 4.79 Å². The number of thioether (sulfide) groups is 1. The number of amides is 1. The molecule has 0 saturated heterocycles. The summed E-state index contributed by atoms with van der Waals surface area (Å²) in [7, 11) is 1.31. The van der Waals surface area contributed by atoms with Gasteiger partial charge in [0.25, 0.3) is 0 Å². The fourth-order valence-corrected chi connectivity index (χ4v) is 5.23. The van der Waals surface area contributed by atoms with Gasteiger partial charge in [0.15, 0.2) is 5.16 Å². The quantitative estimate of drug-likeness (QED) is 0.252. The Morgan fingerprint density at radius 2 is 2.12 bits per heavy atom. The molecule has 7 nitrogen and oxygen atoms in total. The van der Waals surface area contributed by atoms with E-state index in [2.05, 4.69) is 22.1 Å². The van der Waals surface area contributed by atoms with E-state index >= 15 is 0 Å². The summed E-state index contributed by atoms with van der Waals surface area (Å²) in [5.74, 6) is 0.726. The van der Waals surface area contributed by atoms with Crippen LogP contribution in [0, 0.1) is 0 Å². The molecule has 166 valence electrons. The predicted octanol–water partition coefficient (Wildman–Crippen LogP) is 5.24. The molecule has 1 aliphatic carbocycles. The average Bonchev–Trinajstić information content (AvgIpc) is 3.44. The Morgan fingerprint density at radius 3 is 2.81 bits per heavy atom. The number of anilines is 1. The Kier molecular flexibility index (Phi) is 6.98. The van der Waals surface area contributed by atoms with Gasteiger partial charge in [0.2, 0.25) is 5.91 Å². The number of rotatable bonds is 9. The van der Waals surface area contributed by atoms with Crippen LogP contribution in [-0.4, -0.2) is 39.5 Å². The number of benzene rings is 1. The first-order valence-electron chi connectivity index (χ1n) is 9.94. The summed E-state index contributed by atoms with van der Waals surface area (Å²) >= 11 is 8.88. The number of thiophene rings is 1. The second-order valence-electron chi connectivity index (χ2n) is 7.18. The van der Waals surface area contributed by atoms with Crippen molar-refractivity contribution < 1.29 is 14.3 Å². The maximum absolute atomic E-state index is 12.7. The lowest BCUT2D eigenvalue weighted by atomic mass is 10.0. The van der Waals surface area contributed by atoms with Crippen LogP contribution in [0.4, 0.5) is 5.00 Å². The SMILES string of the molecule is C=CCn1c(SCC(=O)Nc2scc(-c3ccccc3Cl)c2C(=O)OC)nnc1C1CC1. The van der Waals surface area contributed by atoms with E-state index in [9.17, 15) is 9.59 Å². The number of carbonyl (C=O) groups excluding carboxylic acids is 2. The van der Waals surface area contributed by atoms with Gasteiger partial charge in [-0.15, -0.1) is 28.1 Å². The largest absolute Gasteiger partial charge is 0.465 e. The number of aromatic nitrogens is 3. The van der Waals surface area contributed by atoms with E-state index in [0.717, 1.165) is 18.7 Å². The van der Waals surface area contributed by atoms with Crippen LogP contribution in [0.1, 0.15) is 34.9 Å². The van der Waals surface area contributed by atoms with Gasteiger partial charge in [-0.25, -0.2) is 4.79 Å². The van der Waals surface area contributed by atoms with Crippen molar-refractivity contribution in [3.63, 3.8) is 0 Å². The second kappa shape index (κ2) is 9.89. The Hall–Kier alpha value is -2.62. The van der Waals surface area contributed by atoms with E-state index in [1.165, 1.54) is 30.2 Å². The molecular weight excluding hydrogens is 468 g/mol. The highest BCUT2D eigenvalue weighted by molar-refractivity contribution is 7.99. The van der Waals surface area contributed by atoms with Crippen molar-refractivity contribution in [1.82, 2.24) is 14.8 Å². The summed E-state index contributed by atoms with van der Waals surface area (Å²) in [6.45, 7) is 4.40. The minimum atomic E-state index is -0.538. The summed E-state index contributed by atoms with van der Waals surface area (Å²) in [5, 5.41) is 14.8. The number of methoxy groups -OCH3 is 1. The first-order valence-corrected chi connectivity index (χ1v) is 12.2. The number of nitrogens with one attached hydrogen (secondary N) is 1. The van der Waals surface area contributed by atoms with Gasteiger partial charge < -0.3 is 14.6 Å². The summed E-state index contributed by atoms with van der Waals surface area (Å²) < 4.78 is 6.96. The maximum Gasteiger partial charge on any atom is 0.341 e. The van der Waals surface area contributed by atoms with Crippen molar-refractivity contribution in [2.45, 2.75) is 30.5 Å². The molecule has 10 heteroatoms. The minimum absolute atomic E-state index is 0.125. The fraction of sp³-hybridized carbons (Fsp3) is 0.273. The number of nitrogens with zero attached hydrogens (tertiary/aromatic N) is 3. The molecule has 32 heavy (non-hydrogen) atoms. The van der Waals surface area contributed by atoms with E-state index in [1.54, 1.807) is 17.5 Å². The summed E-state index contributed by atoms with van der Waals surface area (Å²) in [6.07, 6.45) is 4.02. The van der Waals surface area contributed by atoms with Gasteiger partial charge >= 0.3 is 5.97 Å². The molecule has 0 radical (unpaired) electrons. The lowest BCUT2D eigenvalue weighted by Crippen LogP contribution is -2.16. The van der Waals surface area contributed by atoms with Crippen LogP contribution in [-0.2, 0) is 16.1 Å². The Labute approximate surface area is 198 Å². The topological polar surface area (TPSA) is 86.1 Å². The van der Waals surface area contributed by atoms with E-state index < -0.39 is 5.97 Å². The maximum atomic E-state index is 12.7. The van der Waals surface area contributed by atoms with Crippen LogP contribution in [0.25, 0.3) is 11.1 Å². The zero-order chi connectivity index (χ0) is 22.7. The van der Waals surface area contributed by atoms with Crippen molar-refractivity contribution >= 4 is 51.6 Å². The van der Waals surface area contributed by atoms with Crippen LogP contribution in [0.15, 0.2) is 47.5 Å². The predicted molar refractivity (Wildman–Crippen MR) is 128 cm³/mol. The van der Waals surface area contributed by atoms with E-state index in [0.29, 0.717) is 38.8 Å². The molecule has 1 fully saturated rings. The lowest BCUT2D eigenvalue weighted by molar-refractivity contribution is -0.113. The summed E-state index contributed by atoms with van der Waals surface area (Å²) in [5.41, 5.74) is 1.61. The van der Waals surface area contributed by atoms with Crippen LogP contribution < -0.4 is 5.32 Å². The van der Waals surface area contributed by atoms with Crippen LogP contribution in [0.3, 0.4) is 0 Å². The third-order valence-electron chi connectivity index (χ3n) is 4.93. The molecular formula is C22H21ClN4O3S2. The van der Waals surface area contributed by atoms with Crippen LogP contribution >= 0.6 is 34.7 Å². The van der Waals surface area contributed by atoms with E-state index in [4.69, 9.17) is 16.3 Å². The molecule has 1 saturated carbocycles. The fourth-order valence-electron chi connectivity index (χ4n) is 3.28. The van der Waals surface area contributed by atoms with Crippen molar-refractivity contribution in [3.05, 3.63) is 58.7 Å². The molecule has 0 bridgehead atoms. The second-order valence-corrected chi connectivity index (χ2v) is 9.41.